The highest BCUT2D eigenvalue weighted by Gasteiger charge is 2.08. The van der Waals surface area contributed by atoms with Crippen molar-refractivity contribution in [1.82, 2.24) is 5.48 Å². The second-order valence-electron chi connectivity index (χ2n) is 6.27. The molecule has 0 aliphatic heterocycles. The molecule has 0 spiro atoms. The first kappa shape index (κ1) is 24.3. The van der Waals surface area contributed by atoms with E-state index < -0.39 is 10.0 Å². The average Bonchev–Trinajstić information content (AvgIpc) is 2.81. The van der Waals surface area contributed by atoms with Crippen molar-refractivity contribution in [3.63, 3.8) is 0 Å². The van der Waals surface area contributed by atoms with Crippen LogP contribution in [0.15, 0.2) is 97.9 Å². The lowest BCUT2D eigenvalue weighted by Crippen LogP contribution is -2.11. The number of aromatic hydroxyl groups is 1. The molecule has 0 aromatic heterocycles. The van der Waals surface area contributed by atoms with Crippen LogP contribution in [-0.4, -0.2) is 26.4 Å². The molecule has 172 valence electrons. The molecule has 0 aliphatic rings. The van der Waals surface area contributed by atoms with Gasteiger partial charge in [-0.25, -0.2) is 13.6 Å². The third-order valence-electron chi connectivity index (χ3n) is 3.95. The smallest absolute Gasteiger partial charge is 0.238 e. The van der Waals surface area contributed by atoms with Crippen LogP contribution in [0.25, 0.3) is 0 Å². The summed E-state index contributed by atoms with van der Waals surface area (Å²) in [6.07, 6.45) is 0. The van der Waals surface area contributed by atoms with Gasteiger partial charge in [0.2, 0.25) is 15.9 Å². The van der Waals surface area contributed by atoms with Gasteiger partial charge >= 0.3 is 0 Å². The Morgan fingerprint density at radius 3 is 2.45 bits per heavy atom. The second-order valence-corrected chi connectivity index (χ2v) is 8.61. The molecule has 0 radical (unpaired) electrons. The zero-order chi connectivity index (χ0) is 23.7. The number of rotatable bonds is 9. The van der Waals surface area contributed by atoms with Crippen LogP contribution in [0.2, 0.25) is 0 Å². The molecule has 13 heteroatoms. The van der Waals surface area contributed by atoms with Gasteiger partial charge in [-0.05, 0) is 42.5 Å². The number of phenolic OH excluding ortho intramolecular Hbond substituents is 1. The van der Waals surface area contributed by atoms with Crippen molar-refractivity contribution in [3.8, 4) is 5.75 Å². The van der Waals surface area contributed by atoms with Gasteiger partial charge in [0, 0.05) is 17.5 Å². The molecule has 0 aliphatic carbocycles. The molecular weight excluding hydrogens is 468 g/mol. The number of hydrazone groups is 1. The van der Waals surface area contributed by atoms with Gasteiger partial charge in [-0.3, -0.25) is 5.43 Å². The van der Waals surface area contributed by atoms with E-state index in [0.717, 1.165) is 12.0 Å². The van der Waals surface area contributed by atoms with E-state index in [1.807, 2.05) is 18.2 Å². The molecule has 33 heavy (non-hydrogen) atoms. The fourth-order valence-electron chi connectivity index (χ4n) is 2.40. The summed E-state index contributed by atoms with van der Waals surface area (Å²) in [6, 6.07) is 19.4. The minimum atomic E-state index is -3.79. The number of nitrogens with one attached hydrogen (secondary N) is 2. The van der Waals surface area contributed by atoms with Crippen molar-refractivity contribution in [2.24, 2.45) is 20.5 Å². The highest BCUT2D eigenvalue weighted by atomic mass is 32.2. The molecule has 0 bridgehead atoms. The van der Waals surface area contributed by atoms with Gasteiger partial charge in [0.05, 0.1) is 22.6 Å². The maximum Gasteiger partial charge on any atom is 0.238 e. The predicted molar refractivity (Wildman–Crippen MR) is 124 cm³/mol. The molecule has 0 unspecified atom stereocenters. The average molecular weight is 489 g/mol. The molecule has 5 N–H and O–H groups in total. The Balaban J connectivity index is 1.85. The Morgan fingerprint density at radius 2 is 1.79 bits per heavy atom. The number of nitrogens with two attached hydrogens (primary N) is 1. The molecular formula is C20H20N6O5S2. The van der Waals surface area contributed by atoms with Gasteiger partial charge in [0.25, 0.3) is 0 Å². The summed E-state index contributed by atoms with van der Waals surface area (Å²) in [7, 11) is -2.25. The van der Waals surface area contributed by atoms with E-state index in [1.54, 1.807) is 31.3 Å². The van der Waals surface area contributed by atoms with E-state index in [1.165, 1.54) is 30.3 Å². The first-order valence-electron chi connectivity index (χ1n) is 9.30. The summed E-state index contributed by atoms with van der Waals surface area (Å²) >= 11 is 0.917. The van der Waals surface area contributed by atoms with Crippen molar-refractivity contribution in [3.05, 3.63) is 78.4 Å². The third-order valence-corrected chi connectivity index (χ3v) is 5.46. The molecule has 0 atom stereocenters. The van der Waals surface area contributed by atoms with Crippen LogP contribution in [0.1, 0.15) is 5.56 Å². The first-order chi connectivity index (χ1) is 15.9. The fourth-order valence-corrected chi connectivity index (χ4v) is 3.37. The van der Waals surface area contributed by atoms with Crippen molar-refractivity contribution in [2.75, 3.05) is 12.5 Å². The Morgan fingerprint density at radius 1 is 1.06 bits per heavy atom. The largest absolute Gasteiger partial charge is 0.506 e. The number of anilines is 1. The Kier molecular flexibility index (Phi) is 8.48. The van der Waals surface area contributed by atoms with Gasteiger partial charge in [-0.2, -0.15) is 10.6 Å². The van der Waals surface area contributed by atoms with E-state index in [0.29, 0.717) is 16.1 Å². The minimum absolute atomic E-state index is 0.0164. The number of azo groups is 1. The fraction of sp³-hybridized carbons (Fsp3) is 0.0500. The van der Waals surface area contributed by atoms with Crippen LogP contribution < -0.4 is 16.0 Å². The Labute approximate surface area is 194 Å². The molecule has 0 saturated carbocycles. The molecule has 0 amide bonds. The van der Waals surface area contributed by atoms with Gasteiger partial charge in [0.15, 0.2) is 0 Å². The van der Waals surface area contributed by atoms with E-state index in [2.05, 4.69) is 31.2 Å². The first-order valence-corrected chi connectivity index (χ1v) is 11.6. The van der Waals surface area contributed by atoms with E-state index in [4.69, 9.17) is 9.47 Å². The van der Waals surface area contributed by atoms with Gasteiger partial charge < -0.3 is 5.11 Å². The van der Waals surface area contributed by atoms with Crippen molar-refractivity contribution in [2.45, 2.75) is 9.79 Å². The summed E-state index contributed by atoms with van der Waals surface area (Å²) in [5.41, 5.74) is 6.53. The van der Waals surface area contributed by atoms with E-state index in [-0.39, 0.29) is 22.2 Å². The monoisotopic (exact) mass is 488 g/mol. The Hall–Kier alpha value is -3.33. The molecule has 0 saturated heterocycles. The molecule has 0 fully saturated rings. The van der Waals surface area contributed by atoms with Crippen LogP contribution in [0.4, 0.5) is 11.4 Å². The molecule has 3 rings (SSSR count). The lowest BCUT2D eigenvalue weighted by atomic mass is 10.2. The van der Waals surface area contributed by atoms with Crippen molar-refractivity contribution in [1.29, 1.82) is 0 Å². The Bertz CT molecular complexity index is 1240. The number of hydroxylamine groups is 1. The van der Waals surface area contributed by atoms with Gasteiger partial charge in [-0.1, -0.05) is 30.3 Å². The summed E-state index contributed by atoms with van der Waals surface area (Å²) in [5.74, 6) is 0.134. The summed E-state index contributed by atoms with van der Waals surface area (Å²) < 4.78 is 27.7. The zero-order valence-corrected chi connectivity index (χ0v) is 18.9. The van der Waals surface area contributed by atoms with Crippen molar-refractivity contribution < 1.29 is 22.8 Å². The molecule has 0 heterocycles. The quantitative estimate of drug-likeness (QED) is 0.0675. The highest BCUT2D eigenvalue weighted by Crippen LogP contribution is 2.32. The number of nitrogens with zero attached hydrogens (tertiary/aromatic N) is 3. The minimum Gasteiger partial charge on any atom is -0.506 e. The number of amidine groups is 1. The number of hydrogen-bond acceptors (Lipinski definition) is 10. The summed E-state index contributed by atoms with van der Waals surface area (Å²) in [4.78, 5) is 5.19. The third kappa shape index (κ3) is 7.35. The van der Waals surface area contributed by atoms with Crippen molar-refractivity contribution >= 4 is 39.3 Å². The number of sulfonamides is 1. The highest BCUT2D eigenvalue weighted by molar-refractivity contribution is 7.94. The van der Waals surface area contributed by atoms with Crippen LogP contribution in [0.3, 0.4) is 0 Å². The maximum atomic E-state index is 11.4. The maximum absolute atomic E-state index is 11.4. The van der Waals surface area contributed by atoms with Crippen LogP contribution in [-0.2, 0) is 19.3 Å². The number of benzene rings is 3. The zero-order valence-electron chi connectivity index (χ0n) is 17.2. The van der Waals surface area contributed by atoms with Gasteiger partial charge in [0.1, 0.15) is 11.4 Å². The molecule has 3 aromatic carbocycles. The second kappa shape index (κ2) is 11.5. The van der Waals surface area contributed by atoms with Gasteiger partial charge in [-0.15, -0.1) is 19.6 Å². The van der Waals surface area contributed by atoms with Crippen LogP contribution in [0.5, 0.6) is 5.75 Å². The summed E-state index contributed by atoms with van der Waals surface area (Å²) in [6.45, 7) is 0. The van der Waals surface area contributed by atoms with Crippen LogP contribution in [0, 0.1) is 0 Å². The van der Waals surface area contributed by atoms with E-state index in [9.17, 15) is 13.5 Å². The van der Waals surface area contributed by atoms with Crippen LogP contribution >= 0.6 is 12.0 Å². The normalized spacial score (nSPS) is 12.2. The number of primary sulfonamides is 1. The number of phenols is 1. The topological polar surface area (TPSA) is 160 Å². The lowest BCUT2D eigenvalue weighted by molar-refractivity contribution is -0.237. The SMILES string of the molecule is CNOOSc1ccc(O)c(N=N/C(=N\Nc2ccc(S(N)(=O)=O)cc2)c2ccccc2)c1. The predicted octanol–water partition coefficient (Wildman–Crippen LogP) is 3.69. The molecule has 11 nitrogen and oxygen atoms in total. The standard InChI is InChI=1S/C20H20N6O5S2/c1-22-30-31-32-16-9-12-19(27)18(13-16)24-26-20(14-5-3-2-4-6-14)25-23-15-7-10-17(11-8-15)33(21,28)29/h2-13,22-23,27H,1H3,(H2,21,28,29)/b25-20-,26-24?. The molecule has 3 aromatic rings. The van der Waals surface area contributed by atoms with E-state index >= 15 is 0 Å². The number of hydrogen-bond donors (Lipinski definition) is 4. The lowest BCUT2D eigenvalue weighted by Gasteiger charge is -2.05. The summed E-state index contributed by atoms with van der Waals surface area (Å²) in [5, 5.41) is 27.8.